The van der Waals surface area contributed by atoms with E-state index in [1.165, 1.54) is 23.3 Å². The van der Waals surface area contributed by atoms with Gasteiger partial charge < -0.3 is 9.72 Å². The minimum atomic E-state index is -0.470. The highest BCUT2D eigenvalue weighted by molar-refractivity contribution is 8.00. The van der Waals surface area contributed by atoms with Gasteiger partial charge in [-0.1, -0.05) is 11.8 Å². The Balaban J connectivity index is 2.19. The van der Waals surface area contributed by atoms with E-state index >= 15 is 0 Å². The second kappa shape index (κ2) is 8.50. The van der Waals surface area contributed by atoms with Crippen molar-refractivity contribution in [2.45, 2.75) is 51.1 Å². The summed E-state index contributed by atoms with van der Waals surface area (Å²) in [7, 11) is 1.60. The predicted octanol–water partition coefficient (Wildman–Crippen LogP) is 2.12. The molecule has 0 aliphatic heterocycles. The lowest BCUT2D eigenvalue weighted by Gasteiger charge is -2.10. The van der Waals surface area contributed by atoms with Crippen LogP contribution in [0.3, 0.4) is 0 Å². The summed E-state index contributed by atoms with van der Waals surface area (Å²) in [5.74, 6) is -0.211. The lowest BCUT2D eigenvalue weighted by Crippen LogP contribution is -2.20. The highest BCUT2D eigenvalue weighted by Crippen LogP contribution is 2.26. The molecule has 0 saturated carbocycles. The Morgan fingerprint density at radius 1 is 1.35 bits per heavy atom. The molecule has 142 valence electrons. The average Bonchev–Trinajstić information content (AvgIpc) is 3.07. The van der Waals surface area contributed by atoms with Crippen LogP contribution < -0.4 is 5.69 Å². The molecule has 2 heterocycles. The zero-order valence-corrected chi connectivity index (χ0v) is 16.5. The highest BCUT2D eigenvalue weighted by Gasteiger charge is 2.25. The number of Topliss-reactive ketones (excluding diaryl/α,β-unsaturated/α-hetero) is 2. The van der Waals surface area contributed by atoms with Crippen molar-refractivity contribution < 1.29 is 14.3 Å². The van der Waals surface area contributed by atoms with Crippen LogP contribution >= 0.6 is 11.8 Å². The molecule has 0 aliphatic carbocycles. The summed E-state index contributed by atoms with van der Waals surface area (Å²) >= 11 is 1.21. The van der Waals surface area contributed by atoms with Gasteiger partial charge in [0.25, 0.3) is 0 Å². The van der Waals surface area contributed by atoms with E-state index in [1.54, 1.807) is 27.9 Å². The maximum absolute atomic E-state index is 12.8. The van der Waals surface area contributed by atoms with Crippen LogP contribution in [-0.4, -0.2) is 50.3 Å². The quantitative estimate of drug-likeness (QED) is 0.392. The van der Waals surface area contributed by atoms with E-state index in [1.807, 2.05) is 0 Å². The number of aromatic nitrogens is 4. The van der Waals surface area contributed by atoms with Crippen LogP contribution in [0, 0.1) is 13.8 Å². The van der Waals surface area contributed by atoms with Gasteiger partial charge in [-0.25, -0.2) is 9.89 Å². The van der Waals surface area contributed by atoms with E-state index < -0.39 is 5.25 Å². The van der Waals surface area contributed by atoms with E-state index in [2.05, 4.69) is 15.2 Å². The highest BCUT2D eigenvalue weighted by atomic mass is 32.2. The molecule has 2 aromatic heterocycles. The minimum Gasteiger partial charge on any atom is -0.385 e. The fourth-order valence-electron chi connectivity index (χ4n) is 2.90. The molecule has 0 fully saturated rings. The lowest BCUT2D eigenvalue weighted by molar-refractivity contribution is 0.0988. The molecule has 8 nitrogen and oxygen atoms in total. The fourth-order valence-corrected chi connectivity index (χ4v) is 3.84. The molecule has 2 aromatic rings. The van der Waals surface area contributed by atoms with Crippen molar-refractivity contribution in [2.75, 3.05) is 13.7 Å². The summed E-state index contributed by atoms with van der Waals surface area (Å²) in [5.41, 5.74) is 2.02. The molecule has 0 aromatic carbocycles. The van der Waals surface area contributed by atoms with Crippen LogP contribution in [0.1, 0.15) is 52.4 Å². The SMILES string of the molecule is COCCCn1c(S[C@@H](C)C(=O)c2[nH]c(C)c(C(C)=O)c2C)n[nH]c1=O. The van der Waals surface area contributed by atoms with Crippen LogP contribution in [0.25, 0.3) is 0 Å². The maximum atomic E-state index is 12.8. The summed E-state index contributed by atoms with van der Waals surface area (Å²) in [5, 5.41) is 6.42. The summed E-state index contributed by atoms with van der Waals surface area (Å²) < 4.78 is 6.51. The number of carbonyl (C=O) groups excluding carboxylic acids is 2. The Kier molecular flexibility index (Phi) is 6.60. The van der Waals surface area contributed by atoms with Gasteiger partial charge in [0.1, 0.15) is 0 Å². The molecule has 0 bridgehead atoms. The van der Waals surface area contributed by atoms with Crippen molar-refractivity contribution >= 4 is 23.3 Å². The number of hydrogen-bond donors (Lipinski definition) is 2. The van der Waals surface area contributed by atoms with Crippen molar-refractivity contribution in [2.24, 2.45) is 0 Å². The number of thioether (sulfide) groups is 1. The molecule has 2 N–H and O–H groups in total. The summed E-state index contributed by atoms with van der Waals surface area (Å²) in [6.07, 6.45) is 0.669. The average molecular weight is 380 g/mol. The van der Waals surface area contributed by atoms with E-state index in [-0.39, 0.29) is 17.3 Å². The Hall–Kier alpha value is -2.13. The third kappa shape index (κ3) is 4.16. The first-order chi connectivity index (χ1) is 12.3. The zero-order valence-electron chi connectivity index (χ0n) is 15.6. The van der Waals surface area contributed by atoms with Crippen LogP contribution in [-0.2, 0) is 11.3 Å². The summed E-state index contributed by atoms with van der Waals surface area (Å²) in [6, 6.07) is 0. The van der Waals surface area contributed by atoms with E-state index in [0.29, 0.717) is 47.2 Å². The van der Waals surface area contributed by atoms with Gasteiger partial charge in [-0.15, -0.1) is 5.10 Å². The Labute approximate surface area is 155 Å². The first-order valence-electron chi connectivity index (χ1n) is 8.33. The van der Waals surface area contributed by atoms with Crippen molar-refractivity contribution in [1.29, 1.82) is 0 Å². The number of nitrogens with one attached hydrogen (secondary N) is 2. The third-order valence-electron chi connectivity index (χ3n) is 4.14. The van der Waals surface area contributed by atoms with Crippen LogP contribution in [0.2, 0.25) is 0 Å². The number of rotatable bonds is 9. The van der Waals surface area contributed by atoms with Gasteiger partial charge in [-0.3, -0.25) is 14.2 Å². The first-order valence-corrected chi connectivity index (χ1v) is 9.21. The van der Waals surface area contributed by atoms with Crippen LogP contribution in [0.5, 0.6) is 0 Å². The molecule has 0 amide bonds. The Bertz CT molecular complexity index is 865. The third-order valence-corrected chi connectivity index (χ3v) is 5.23. The van der Waals surface area contributed by atoms with Crippen LogP contribution in [0.15, 0.2) is 9.95 Å². The fraction of sp³-hybridized carbons (Fsp3) is 0.529. The second-order valence-corrected chi connectivity index (χ2v) is 7.42. The van der Waals surface area contributed by atoms with Gasteiger partial charge in [0, 0.05) is 31.5 Å². The zero-order chi connectivity index (χ0) is 19.4. The Morgan fingerprint density at radius 2 is 2.04 bits per heavy atom. The smallest absolute Gasteiger partial charge is 0.343 e. The normalized spacial score (nSPS) is 12.3. The molecule has 0 unspecified atom stereocenters. The van der Waals surface area contributed by atoms with Crippen molar-refractivity contribution in [3.63, 3.8) is 0 Å². The first kappa shape index (κ1) is 20.2. The largest absolute Gasteiger partial charge is 0.385 e. The number of hydrogen-bond acceptors (Lipinski definition) is 6. The van der Waals surface area contributed by atoms with E-state index in [0.717, 1.165) is 0 Å². The number of aryl methyl sites for hydroxylation is 1. The molecule has 26 heavy (non-hydrogen) atoms. The number of nitrogens with zero attached hydrogens (tertiary/aromatic N) is 2. The number of aromatic amines is 2. The predicted molar refractivity (Wildman–Crippen MR) is 99.3 cm³/mol. The minimum absolute atomic E-state index is 0.0742. The van der Waals surface area contributed by atoms with Crippen LogP contribution in [0.4, 0.5) is 0 Å². The molecule has 0 radical (unpaired) electrons. The second-order valence-electron chi connectivity index (χ2n) is 6.11. The number of ketones is 2. The molecule has 1 atom stereocenters. The number of H-pyrrole nitrogens is 2. The Morgan fingerprint density at radius 3 is 2.62 bits per heavy atom. The van der Waals surface area contributed by atoms with Gasteiger partial charge in [-0.2, -0.15) is 0 Å². The molecule has 9 heteroatoms. The molecule has 0 spiro atoms. The molecule has 0 saturated heterocycles. The van der Waals surface area contributed by atoms with Gasteiger partial charge >= 0.3 is 5.69 Å². The molecule has 0 aliphatic rings. The standard InChI is InChI=1S/C17H24N4O4S/c1-9-13(11(3)22)10(2)18-14(9)15(23)12(4)26-17-20-19-16(24)21(17)7-6-8-25-5/h12,18H,6-8H2,1-5H3,(H,19,24)/t12-/m0/s1. The monoisotopic (exact) mass is 380 g/mol. The van der Waals surface area contributed by atoms with Crippen molar-refractivity contribution in [1.82, 2.24) is 19.7 Å². The number of methoxy groups -OCH3 is 1. The van der Waals surface area contributed by atoms with Crippen molar-refractivity contribution in [3.8, 4) is 0 Å². The van der Waals surface area contributed by atoms with Gasteiger partial charge in [0.2, 0.25) is 0 Å². The summed E-state index contributed by atoms with van der Waals surface area (Å²) in [4.78, 5) is 39.5. The van der Waals surface area contributed by atoms with E-state index in [9.17, 15) is 14.4 Å². The topological polar surface area (TPSA) is 110 Å². The van der Waals surface area contributed by atoms with Crippen molar-refractivity contribution in [3.05, 3.63) is 33.0 Å². The lowest BCUT2D eigenvalue weighted by atomic mass is 10.0. The van der Waals surface area contributed by atoms with Gasteiger partial charge in [-0.05, 0) is 39.7 Å². The molecular formula is C17H24N4O4S. The number of ether oxygens (including phenoxy) is 1. The molecule has 2 rings (SSSR count). The van der Waals surface area contributed by atoms with E-state index in [4.69, 9.17) is 4.74 Å². The van der Waals surface area contributed by atoms with Gasteiger partial charge in [0.05, 0.1) is 10.9 Å². The summed E-state index contributed by atoms with van der Waals surface area (Å²) in [6.45, 7) is 7.78. The number of carbonyl (C=O) groups is 2. The van der Waals surface area contributed by atoms with Gasteiger partial charge in [0.15, 0.2) is 16.7 Å². The molecular weight excluding hydrogens is 356 g/mol. The maximum Gasteiger partial charge on any atom is 0.343 e.